The Bertz CT molecular complexity index is 1330. The lowest BCUT2D eigenvalue weighted by atomic mass is 9.62. The first kappa shape index (κ1) is 29.5. The lowest BCUT2D eigenvalue weighted by Gasteiger charge is -2.42. The molecule has 2 saturated heterocycles. The van der Waals surface area contributed by atoms with E-state index in [2.05, 4.69) is 36.3 Å². The van der Waals surface area contributed by atoms with Gasteiger partial charge in [0, 0.05) is 48.7 Å². The van der Waals surface area contributed by atoms with E-state index in [-0.39, 0.29) is 33.6 Å². The summed E-state index contributed by atoms with van der Waals surface area (Å²) < 4.78 is 15.9. The zero-order chi connectivity index (χ0) is 29.2. The van der Waals surface area contributed by atoms with Gasteiger partial charge in [-0.2, -0.15) is 0 Å². The highest BCUT2D eigenvalue weighted by molar-refractivity contribution is 6.31. The fraction of sp³-hybridized carbons (Fsp3) is 0.548. The molecular weight excluding hydrogens is 552 g/mol. The van der Waals surface area contributed by atoms with E-state index in [4.69, 9.17) is 23.2 Å². The summed E-state index contributed by atoms with van der Waals surface area (Å²) in [6.07, 6.45) is 0.875. The number of carbonyl (C=O) groups is 2. The predicted octanol–water partition coefficient (Wildman–Crippen LogP) is 5.54. The Kier molecular flexibility index (Phi) is 7.63. The lowest BCUT2D eigenvalue weighted by Crippen LogP contribution is -2.53. The molecule has 2 fully saturated rings. The van der Waals surface area contributed by atoms with Crippen LogP contribution in [-0.4, -0.2) is 59.0 Å². The molecule has 40 heavy (non-hydrogen) atoms. The van der Waals surface area contributed by atoms with Gasteiger partial charge in [0.15, 0.2) is 5.78 Å². The molecule has 216 valence electrons. The third-order valence-electron chi connectivity index (χ3n) is 8.42. The van der Waals surface area contributed by atoms with Crippen LogP contribution in [0.25, 0.3) is 0 Å². The Morgan fingerprint density at radius 2 is 1.85 bits per heavy atom. The molecule has 2 aromatic rings. The molecule has 3 heterocycles. The van der Waals surface area contributed by atoms with Crippen molar-refractivity contribution < 1.29 is 19.1 Å². The normalized spacial score (nSPS) is 27.1. The standard InChI is InChI=1S/C31H38Cl2FN3O3/c1-29(2,3)13-24-31(20-10-9-18(32)12-22(20)35-28(31)39)25(19-7-6-8-21(33)26(19)34)27(36-24)23(38)11-17-14-37(15-17)16-30(4,5)40/h6-10,12,17,24-25,27,36,40H,11,13-16H2,1-5H3,(H,35,39)/t24-,25+,27+,31+/m1/s1. The molecule has 3 aliphatic rings. The summed E-state index contributed by atoms with van der Waals surface area (Å²) in [5.41, 5.74) is -0.698. The molecule has 0 bridgehead atoms. The lowest BCUT2D eigenvalue weighted by molar-refractivity contribution is -0.124. The highest BCUT2D eigenvalue weighted by Crippen LogP contribution is 2.57. The molecule has 6 nitrogen and oxygen atoms in total. The van der Waals surface area contributed by atoms with Gasteiger partial charge in [0.1, 0.15) is 11.2 Å². The van der Waals surface area contributed by atoms with Crippen LogP contribution >= 0.6 is 23.2 Å². The molecule has 0 aliphatic carbocycles. The molecule has 3 N–H and O–H groups in total. The Hall–Kier alpha value is -2.03. The van der Waals surface area contributed by atoms with E-state index in [1.54, 1.807) is 38.1 Å². The Labute approximate surface area is 245 Å². The van der Waals surface area contributed by atoms with Crippen molar-refractivity contribution in [3.05, 3.63) is 63.4 Å². The number of hydrogen-bond acceptors (Lipinski definition) is 5. The van der Waals surface area contributed by atoms with Crippen molar-refractivity contribution in [3.8, 4) is 0 Å². The van der Waals surface area contributed by atoms with Gasteiger partial charge in [0.2, 0.25) is 5.91 Å². The second-order valence-corrected chi connectivity index (χ2v) is 14.5. The molecule has 9 heteroatoms. The van der Waals surface area contributed by atoms with Gasteiger partial charge in [0.05, 0.1) is 16.7 Å². The van der Waals surface area contributed by atoms with Crippen molar-refractivity contribution >= 4 is 40.6 Å². The number of fused-ring (bicyclic) bond motifs is 2. The summed E-state index contributed by atoms with van der Waals surface area (Å²) in [6.45, 7) is 11.8. The van der Waals surface area contributed by atoms with Crippen molar-refractivity contribution in [2.45, 2.75) is 76.5 Å². The van der Waals surface area contributed by atoms with Gasteiger partial charge in [-0.3, -0.25) is 14.5 Å². The highest BCUT2D eigenvalue weighted by atomic mass is 35.5. The third kappa shape index (κ3) is 5.32. The SMILES string of the molecule is CC(C)(C)C[C@H]1N[C@@H](C(=O)CC2CN(CC(C)(C)O)C2)[C@H](c2cccc(Cl)c2F)[C@@]12C(=O)Nc1cc(Cl)ccc12. The molecule has 3 aliphatic heterocycles. The number of rotatable bonds is 7. The molecule has 5 rings (SSSR count). The van der Waals surface area contributed by atoms with Crippen LogP contribution < -0.4 is 10.6 Å². The number of halogens is 3. The quantitative estimate of drug-likeness (QED) is 0.395. The summed E-state index contributed by atoms with van der Waals surface area (Å²) in [5.74, 6) is -1.63. The number of ketones is 1. The van der Waals surface area contributed by atoms with Gasteiger partial charge < -0.3 is 15.7 Å². The van der Waals surface area contributed by atoms with Crippen LogP contribution in [0.5, 0.6) is 0 Å². The van der Waals surface area contributed by atoms with Crippen LogP contribution in [0.3, 0.4) is 0 Å². The summed E-state index contributed by atoms with van der Waals surface area (Å²) in [4.78, 5) is 30.4. The van der Waals surface area contributed by atoms with E-state index in [1.165, 1.54) is 6.07 Å². The number of Topliss-reactive ketones (excluding diaryl/α,β-unsaturated/α-hetero) is 1. The zero-order valence-corrected chi connectivity index (χ0v) is 25.2. The highest BCUT2D eigenvalue weighted by Gasteiger charge is 2.66. The van der Waals surface area contributed by atoms with E-state index in [0.717, 1.165) is 0 Å². The summed E-state index contributed by atoms with van der Waals surface area (Å²) in [5, 5.41) is 17.2. The van der Waals surface area contributed by atoms with Gasteiger partial charge in [0.25, 0.3) is 0 Å². The molecular formula is C31H38Cl2FN3O3. The molecule has 1 amide bonds. The molecule has 4 atom stereocenters. The first-order valence-electron chi connectivity index (χ1n) is 13.9. The Morgan fingerprint density at radius 1 is 1.15 bits per heavy atom. The van der Waals surface area contributed by atoms with E-state index in [9.17, 15) is 14.7 Å². The summed E-state index contributed by atoms with van der Waals surface area (Å²) in [7, 11) is 0. The average molecular weight is 591 g/mol. The number of amides is 1. The number of β-amino-alcohol motifs (C(OH)–C–C–N with tert-alkyl or cyclic N) is 1. The minimum Gasteiger partial charge on any atom is -0.389 e. The monoisotopic (exact) mass is 589 g/mol. The number of likely N-dealkylation sites (tertiary alicyclic amines) is 1. The second kappa shape index (κ2) is 10.4. The maximum atomic E-state index is 15.9. The minimum atomic E-state index is -1.24. The van der Waals surface area contributed by atoms with E-state index < -0.39 is 34.8 Å². The molecule has 0 unspecified atom stereocenters. The van der Waals surface area contributed by atoms with E-state index >= 15 is 4.39 Å². The van der Waals surface area contributed by atoms with Crippen molar-refractivity contribution in [3.63, 3.8) is 0 Å². The average Bonchev–Trinajstić information content (AvgIpc) is 3.27. The molecule has 2 aromatic carbocycles. The molecule has 1 spiro atoms. The van der Waals surface area contributed by atoms with Crippen molar-refractivity contribution in [2.75, 3.05) is 25.0 Å². The number of anilines is 1. The number of benzene rings is 2. The van der Waals surface area contributed by atoms with Gasteiger partial charge in [-0.1, -0.05) is 62.2 Å². The van der Waals surface area contributed by atoms with Gasteiger partial charge in [-0.25, -0.2) is 4.39 Å². The summed E-state index contributed by atoms with van der Waals surface area (Å²) >= 11 is 12.6. The number of aliphatic hydroxyl groups is 1. The van der Waals surface area contributed by atoms with Crippen LogP contribution in [0.15, 0.2) is 36.4 Å². The van der Waals surface area contributed by atoms with E-state index in [1.807, 2.05) is 6.07 Å². The van der Waals surface area contributed by atoms with E-state index in [0.29, 0.717) is 48.7 Å². The smallest absolute Gasteiger partial charge is 0.237 e. The first-order valence-corrected chi connectivity index (χ1v) is 14.6. The molecule has 0 radical (unpaired) electrons. The zero-order valence-electron chi connectivity index (χ0n) is 23.7. The number of nitrogens with zero attached hydrogens (tertiary/aromatic N) is 1. The second-order valence-electron chi connectivity index (χ2n) is 13.6. The molecule has 0 saturated carbocycles. The number of nitrogens with one attached hydrogen (secondary N) is 2. The number of carbonyl (C=O) groups excluding carboxylic acids is 2. The minimum absolute atomic E-state index is 0.0471. The van der Waals surface area contributed by atoms with Crippen LogP contribution in [-0.2, 0) is 15.0 Å². The maximum Gasteiger partial charge on any atom is 0.237 e. The fourth-order valence-corrected chi connectivity index (χ4v) is 7.45. The third-order valence-corrected chi connectivity index (χ3v) is 8.95. The van der Waals surface area contributed by atoms with Gasteiger partial charge in [-0.05, 0) is 60.9 Å². The van der Waals surface area contributed by atoms with Gasteiger partial charge in [-0.15, -0.1) is 0 Å². The Balaban J connectivity index is 1.59. The van der Waals surface area contributed by atoms with Crippen molar-refractivity contribution in [1.29, 1.82) is 0 Å². The topological polar surface area (TPSA) is 81.7 Å². The van der Waals surface area contributed by atoms with Crippen LogP contribution in [0.4, 0.5) is 10.1 Å². The summed E-state index contributed by atoms with van der Waals surface area (Å²) in [6, 6.07) is 8.83. The fourth-order valence-electron chi connectivity index (χ4n) is 7.10. The van der Waals surface area contributed by atoms with Crippen LogP contribution in [0.1, 0.15) is 64.5 Å². The van der Waals surface area contributed by atoms with Gasteiger partial charge >= 0.3 is 0 Å². The predicted molar refractivity (Wildman–Crippen MR) is 157 cm³/mol. The largest absolute Gasteiger partial charge is 0.389 e. The maximum absolute atomic E-state index is 15.9. The molecule has 0 aromatic heterocycles. The Morgan fingerprint density at radius 3 is 2.50 bits per heavy atom. The number of hydrogen-bond donors (Lipinski definition) is 3. The first-order chi connectivity index (χ1) is 18.6. The van der Waals surface area contributed by atoms with Crippen LogP contribution in [0.2, 0.25) is 10.0 Å². The van der Waals surface area contributed by atoms with Crippen molar-refractivity contribution in [2.24, 2.45) is 11.3 Å². The van der Waals surface area contributed by atoms with Crippen LogP contribution in [0, 0.1) is 17.2 Å². The van der Waals surface area contributed by atoms with Crippen molar-refractivity contribution in [1.82, 2.24) is 10.2 Å².